The van der Waals surface area contributed by atoms with Gasteiger partial charge in [-0.1, -0.05) is 12.1 Å². The number of hydrogen-bond acceptors (Lipinski definition) is 6. The smallest absolute Gasteiger partial charge is 0.253 e. The lowest BCUT2D eigenvalue weighted by molar-refractivity contribution is 0.0771. The molecule has 0 radical (unpaired) electrons. The Kier molecular flexibility index (Phi) is 4.97. The van der Waals surface area contributed by atoms with Crippen molar-refractivity contribution >= 4 is 5.91 Å². The largest absolute Gasteiger partial charge is 0.470 e. The van der Waals surface area contributed by atoms with Gasteiger partial charge in [0.15, 0.2) is 0 Å². The molecule has 1 saturated heterocycles. The van der Waals surface area contributed by atoms with Gasteiger partial charge in [0.1, 0.15) is 12.2 Å². The normalized spacial score (nSPS) is 16.0. The van der Waals surface area contributed by atoms with E-state index in [4.69, 9.17) is 10.00 Å². The van der Waals surface area contributed by atoms with E-state index < -0.39 is 0 Å². The van der Waals surface area contributed by atoms with Crippen molar-refractivity contribution in [1.82, 2.24) is 24.4 Å². The Balaban J connectivity index is 1.37. The summed E-state index contributed by atoms with van der Waals surface area (Å²) in [7, 11) is 0. The lowest BCUT2D eigenvalue weighted by atomic mass is 10.1. The number of likely N-dealkylation sites (tertiary alicyclic amines) is 1. The Labute approximate surface area is 162 Å². The zero-order valence-corrected chi connectivity index (χ0v) is 15.1. The molecule has 1 atom stereocenters. The van der Waals surface area contributed by atoms with Gasteiger partial charge in [-0.05, 0) is 17.7 Å². The molecule has 28 heavy (non-hydrogen) atoms. The monoisotopic (exact) mass is 374 g/mol. The Morgan fingerprint density at radius 1 is 1.21 bits per heavy atom. The van der Waals surface area contributed by atoms with Crippen LogP contribution >= 0.6 is 0 Å². The Bertz CT molecular complexity index is 994. The fourth-order valence-corrected chi connectivity index (χ4v) is 3.18. The second-order valence-corrected chi connectivity index (χ2v) is 6.53. The Hall–Kier alpha value is -3.73. The number of amides is 1. The third-order valence-corrected chi connectivity index (χ3v) is 4.61. The number of nitriles is 1. The number of rotatable bonds is 5. The number of imidazole rings is 1. The van der Waals surface area contributed by atoms with Crippen molar-refractivity contribution in [1.29, 1.82) is 5.26 Å². The predicted octanol–water partition coefficient (Wildman–Crippen LogP) is 1.89. The van der Waals surface area contributed by atoms with Gasteiger partial charge in [0.2, 0.25) is 5.69 Å². The van der Waals surface area contributed by atoms with E-state index in [1.165, 1.54) is 12.4 Å². The molecule has 4 rings (SSSR count). The summed E-state index contributed by atoms with van der Waals surface area (Å²) in [6, 6.07) is 9.57. The Morgan fingerprint density at radius 2 is 2.04 bits per heavy atom. The highest BCUT2D eigenvalue weighted by Gasteiger charge is 2.29. The van der Waals surface area contributed by atoms with Crippen molar-refractivity contribution in [2.45, 2.75) is 19.1 Å². The highest BCUT2D eigenvalue weighted by Crippen LogP contribution is 2.20. The molecular formula is C20H18N6O2. The maximum absolute atomic E-state index is 12.8. The van der Waals surface area contributed by atoms with E-state index in [0.29, 0.717) is 31.6 Å². The Morgan fingerprint density at radius 3 is 2.79 bits per heavy atom. The molecule has 0 saturated carbocycles. The fraction of sp³-hybridized carbons (Fsp3) is 0.250. The van der Waals surface area contributed by atoms with Crippen LogP contribution in [0.15, 0.2) is 55.4 Å². The average molecular weight is 374 g/mol. The van der Waals surface area contributed by atoms with Gasteiger partial charge < -0.3 is 14.2 Å². The van der Waals surface area contributed by atoms with Gasteiger partial charge in [-0.3, -0.25) is 4.79 Å². The second-order valence-electron chi connectivity index (χ2n) is 6.53. The van der Waals surface area contributed by atoms with Crippen molar-refractivity contribution in [3.05, 3.63) is 72.2 Å². The topological polar surface area (TPSA) is 96.9 Å². The quantitative estimate of drug-likeness (QED) is 0.676. The summed E-state index contributed by atoms with van der Waals surface area (Å²) in [6.07, 6.45) is 8.83. The van der Waals surface area contributed by atoms with Gasteiger partial charge >= 0.3 is 0 Å². The zero-order valence-electron chi connectivity index (χ0n) is 15.1. The molecular weight excluding hydrogens is 356 g/mol. The molecule has 1 amide bonds. The van der Waals surface area contributed by atoms with Gasteiger partial charge in [-0.25, -0.2) is 15.0 Å². The molecule has 1 aliphatic heterocycles. The summed E-state index contributed by atoms with van der Waals surface area (Å²) < 4.78 is 7.77. The first-order chi connectivity index (χ1) is 13.7. The summed E-state index contributed by atoms with van der Waals surface area (Å²) in [5.74, 6) is 0.188. The molecule has 1 aliphatic rings. The molecule has 8 nitrogen and oxygen atoms in total. The van der Waals surface area contributed by atoms with Crippen molar-refractivity contribution < 1.29 is 9.53 Å². The van der Waals surface area contributed by atoms with Crippen molar-refractivity contribution in [2.24, 2.45) is 0 Å². The van der Waals surface area contributed by atoms with Crippen LogP contribution in [0.25, 0.3) is 0 Å². The van der Waals surface area contributed by atoms with Crippen LogP contribution in [-0.4, -0.2) is 49.5 Å². The predicted molar refractivity (Wildman–Crippen MR) is 99.5 cm³/mol. The third-order valence-electron chi connectivity index (χ3n) is 4.61. The van der Waals surface area contributed by atoms with Gasteiger partial charge in [-0.15, -0.1) is 0 Å². The van der Waals surface area contributed by atoms with Gasteiger partial charge in [0.25, 0.3) is 11.8 Å². The number of hydrogen-bond donors (Lipinski definition) is 0. The van der Waals surface area contributed by atoms with Gasteiger partial charge in [0.05, 0.1) is 12.9 Å². The standard InChI is InChI=1S/C20H18N6O2/c21-11-18-19(24-7-6-23-18)28-17-5-9-26(13-17)20(27)16-3-1-15(2-4-16)12-25-10-8-22-14-25/h1-4,6-8,10,14,17H,5,9,12-13H2/t17-/m1/s1. The minimum atomic E-state index is -0.201. The molecule has 2 aromatic heterocycles. The van der Waals surface area contributed by atoms with Crippen LogP contribution in [0.4, 0.5) is 0 Å². The van der Waals surface area contributed by atoms with E-state index in [1.54, 1.807) is 17.4 Å². The molecule has 1 aromatic carbocycles. The third kappa shape index (κ3) is 3.83. The molecule has 140 valence electrons. The molecule has 3 heterocycles. The maximum atomic E-state index is 12.8. The zero-order chi connectivity index (χ0) is 19.3. The summed E-state index contributed by atoms with van der Waals surface area (Å²) >= 11 is 0. The van der Waals surface area contributed by atoms with Crippen molar-refractivity contribution in [3.63, 3.8) is 0 Å². The molecule has 0 bridgehead atoms. The summed E-state index contributed by atoms with van der Waals surface area (Å²) in [5, 5.41) is 9.08. The lowest BCUT2D eigenvalue weighted by Crippen LogP contribution is -2.31. The molecule has 0 unspecified atom stereocenters. The van der Waals surface area contributed by atoms with E-state index in [1.807, 2.05) is 41.1 Å². The number of carbonyl (C=O) groups excluding carboxylic acids is 1. The van der Waals surface area contributed by atoms with Crippen LogP contribution in [-0.2, 0) is 6.54 Å². The summed E-state index contributed by atoms with van der Waals surface area (Å²) in [5.41, 5.74) is 1.90. The van der Waals surface area contributed by atoms with Crippen molar-refractivity contribution in [3.8, 4) is 11.9 Å². The number of aromatic nitrogens is 4. The fourth-order valence-electron chi connectivity index (χ4n) is 3.18. The van der Waals surface area contributed by atoms with E-state index in [-0.39, 0.29) is 23.6 Å². The molecule has 3 aromatic rings. The minimum absolute atomic E-state index is 0.0278. The summed E-state index contributed by atoms with van der Waals surface area (Å²) in [4.78, 5) is 26.6. The van der Waals surface area contributed by atoms with Crippen LogP contribution < -0.4 is 4.74 Å². The van der Waals surface area contributed by atoms with E-state index in [2.05, 4.69) is 15.0 Å². The highest BCUT2D eigenvalue weighted by molar-refractivity contribution is 5.94. The van der Waals surface area contributed by atoms with E-state index in [0.717, 1.165) is 5.56 Å². The van der Waals surface area contributed by atoms with Crippen molar-refractivity contribution in [2.75, 3.05) is 13.1 Å². The van der Waals surface area contributed by atoms with Crippen LogP contribution in [0.5, 0.6) is 5.88 Å². The lowest BCUT2D eigenvalue weighted by Gasteiger charge is -2.17. The highest BCUT2D eigenvalue weighted by atomic mass is 16.5. The van der Waals surface area contributed by atoms with E-state index >= 15 is 0 Å². The number of carbonyl (C=O) groups is 1. The number of nitrogens with zero attached hydrogens (tertiary/aromatic N) is 6. The molecule has 0 aliphatic carbocycles. The van der Waals surface area contributed by atoms with Crippen LogP contribution in [0.3, 0.4) is 0 Å². The van der Waals surface area contributed by atoms with E-state index in [9.17, 15) is 4.79 Å². The number of benzene rings is 1. The first-order valence-corrected chi connectivity index (χ1v) is 8.94. The van der Waals surface area contributed by atoms with Crippen LogP contribution in [0, 0.1) is 11.3 Å². The first kappa shape index (κ1) is 17.7. The van der Waals surface area contributed by atoms with Crippen LogP contribution in [0.1, 0.15) is 28.0 Å². The maximum Gasteiger partial charge on any atom is 0.253 e. The SMILES string of the molecule is N#Cc1nccnc1O[C@@H]1CCN(C(=O)c2ccc(Cn3ccnc3)cc2)C1. The molecule has 1 fully saturated rings. The summed E-state index contributed by atoms with van der Waals surface area (Å²) in [6.45, 7) is 1.77. The second kappa shape index (κ2) is 7.88. The first-order valence-electron chi connectivity index (χ1n) is 8.94. The van der Waals surface area contributed by atoms with Crippen LogP contribution in [0.2, 0.25) is 0 Å². The number of ether oxygens (including phenoxy) is 1. The minimum Gasteiger partial charge on any atom is -0.470 e. The van der Waals surface area contributed by atoms with Gasteiger partial charge in [0, 0.05) is 49.9 Å². The van der Waals surface area contributed by atoms with Gasteiger partial charge in [-0.2, -0.15) is 5.26 Å². The molecule has 0 N–H and O–H groups in total. The molecule has 8 heteroatoms. The average Bonchev–Trinajstić information content (AvgIpc) is 3.41. The molecule has 0 spiro atoms.